The number of pyridine rings is 1. The van der Waals surface area contributed by atoms with Gasteiger partial charge in [-0.1, -0.05) is 19.8 Å². The van der Waals surface area contributed by atoms with Crippen molar-refractivity contribution in [3.63, 3.8) is 0 Å². The standard InChI is InChI=1S/C16H25N3OS/c1-3-5-12-8-11(9-15(17)18-12)16(20)19-13-6-4-7-14(10-13)21-2/h8-9,13-14H,3-7,10H2,1-2H3,(H2,17,18)(H,19,20). The van der Waals surface area contributed by atoms with Crippen LogP contribution in [0, 0.1) is 0 Å². The smallest absolute Gasteiger partial charge is 0.251 e. The molecule has 0 radical (unpaired) electrons. The van der Waals surface area contributed by atoms with Crippen LogP contribution in [-0.2, 0) is 6.42 Å². The van der Waals surface area contributed by atoms with Gasteiger partial charge >= 0.3 is 0 Å². The van der Waals surface area contributed by atoms with E-state index in [-0.39, 0.29) is 11.9 Å². The fraction of sp³-hybridized carbons (Fsp3) is 0.625. The van der Waals surface area contributed by atoms with Gasteiger partial charge in [-0.25, -0.2) is 4.98 Å². The number of anilines is 1. The maximum atomic E-state index is 12.4. The minimum absolute atomic E-state index is 0.0202. The Morgan fingerprint density at radius 2 is 2.29 bits per heavy atom. The second-order valence-electron chi connectivity index (χ2n) is 5.72. The molecule has 21 heavy (non-hydrogen) atoms. The summed E-state index contributed by atoms with van der Waals surface area (Å²) in [6, 6.07) is 3.82. The van der Waals surface area contributed by atoms with Gasteiger partial charge in [0, 0.05) is 22.5 Å². The van der Waals surface area contributed by atoms with Gasteiger partial charge in [-0.05, 0) is 44.1 Å². The number of aromatic nitrogens is 1. The fourth-order valence-corrected chi connectivity index (χ4v) is 3.71. The number of aryl methyl sites for hydroxylation is 1. The van der Waals surface area contributed by atoms with Gasteiger partial charge in [0.2, 0.25) is 0 Å². The number of hydrogen-bond acceptors (Lipinski definition) is 4. The van der Waals surface area contributed by atoms with Crippen LogP contribution in [0.15, 0.2) is 12.1 Å². The highest BCUT2D eigenvalue weighted by Crippen LogP contribution is 2.27. The van der Waals surface area contributed by atoms with Crippen molar-refractivity contribution in [1.82, 2.24) is 10.3 Å². The van der Waals surface area contributed by atoms with Crippen LogP contribution in [0.4, 0.5) is 5.82 Å². The van der Waals surface area contributed by atoms with Gasteiger partial charge in [-0.3, -0.25) is 4.79 Å². The number of nitrogen functional groups attached to an aromatic ring is 1. The van der Waals surface area contributed by atoms with Gasteiger partial charge in [0.15, 0.2) is 0 Å². The van der Waals surface area contributed by atoms with Crippen LogP contribution in [0.5, 0.6) is 0 Å². The molecule has 1 aromatic rings. The van der Waals surface area contributed by atoms with E-state index in [1.807, 2.05) is 17.8 Å². The number of nitrogens with zero attached hydrogens (tertiary/aromatic N) is 1. The molecule has 1 amide bonds. The van der Waals surface area contributed by atoms with Crippen molar-refractivity contribution in [2.24, 2.45) is 0 Å². The molecule has 0 bridgehead atoms. The van der Waals surface area contributed by atoms with E-state index in [9.17, 15) is 4.79 Å². The van der Waals surface area contributed by atoms with Crippen molar-refractivity contribution >= 4 is 23.5 Å². The number of amides is 1. The Hall–Kier alpha value is -1.23. The van der Waals surface area contributed by atoms with E-state index in [0.29, 0.717) is 16.6 Å². The van der Waals surface area contributed by atoms with E-state index in [1.54, 1.807) is 6.07 Å². The van der Waals surface area contributed by atoms with Crippen LogP contribution < -0.4 is 11.1 Å². The van der Waals surface area contributed by atoms with Gasteiger partial charge in [0.1, 0.15) is 5.82 Å². The van der Waals surface area contributed by atoms with Crippen molar-refractivity contribution in [2.75, 3.05) is 12.0 Å². The second kappa shape index (κ2) is 7.69. The molecule has 2 atom stereocenters. The molecule has 1 saturated carbocycles. The van der Waals surface area contributed by atoms with Gasteiger partial charge in [0.05, 0.1) is 0 Å². The molecule has 0 spiro atoms. The summed E-state index contributed by atoms with van der Waals surface area (Å²) >= 11 is 1.90. The quantitative estimate of drug-likeness (QED) is 0.877. The second-order valence-corrected chi connectivity index (χ2v) is 6.85. The van der Waals surface area contributed by atoms with E-state index in [4.69, 9.17) is 5.73 Å². The number of nitrogens with one attached hydrogen (secondary N) is 1. The first-order valence-electron chi connectivity index (χ1n) is 7.72. The van der Waals surface area contributed by atoms with Crippen LogP contribution in [0.1, 0.15) is 55.1 Å². The van der Waals surface area contributed by atoms with Gasteiger partial charge in [-0.15, -0.1) is 0 Å². The molecule has 1 heterocycles. The summed E-state index contributed by atoms with van der Waals surface area (Å²) in [6.07, 6.45) is 8.58. The van der Waals surface area contributed by atoms with Crippen molar-refractivity contribution in [3.05, 3.63) is 23.4 Å². The summed E-state index contributed by atoms with van der Waals surface area (Å²) in [5, 5.41) is 3.83. The summed E-state index contributed by atoms with van der Waals surface area (Å²) in [4.78, 5) is 16.7. The molecular formula is C16H25N3OS. The topological polar surface area (TPSA) is 68.0 Å². The van der Waals surface area contributed by atoms with E-state index in [2.05, 4.69) is 23.5 Å². The van der Waals surface area contributed by atoms with E-state index in [1.165, 1.54) is 12.8 Å². The number of nitrogens with two attached hydrogens (primary N) is 1. The van der Waals surface area contributed by atoms with Crippen LogP contribution in [0.3, 0.4) is 0 Å². The maximum absolute atomic E-state index is 12.4. The summed E-state index contributed by atoms with van der Waals surface area (Å²) in [5.41, 5.74) is 7.34. The average molecular weight is 307 g/mol. The summed E-state index contributed by atoms with van der Waals surface area (Å²) in [6.45, 7) is 2.09. The lowest BCUT2D eigenvalue weighted by atomic mass is 9.94. The lowest BCUT2D eigenvalue weighted by molar-refractivity contribution is 0.0928. The number of rotatable bonds is 5. The number of carbonyl (C=O) groups is 1. The number of carbonyl (C=O) groups excluding carboxylic acids is 1. The highest BCUT2D eigenvalue weighted by atomic mass is 32.2. The Kier molecular flexibility index (Phi) is 5.91. The van der Waals surface area contributed by atoms with Crippen molar-refractivity contribution in [3.8, 4) is 0 Å². The Balaban J connectivity index is 2.02. The van der Waals surface area contributed by atoms with Gasteiger partial charge in [0.25, 0.3) is 5.91 Å². The Morgan fingerprint density at radius 3 is 3.00 bits per heavy atom. The molecule has 2 unspecified atom stereocenters. The molecule has 1 aromatic heterocycles. The van der Waals surface area contributed by atoms with E-state index >= 15 is 0 Å². The first kappa shape index (κ1) is 16.1. The summed E-state index contributed by atoms with van der Waals surface area (Å²) in [7, 11) is 0. The molecule has 116 valence electrons. The van der Waals surface area contributed by atoms with Crippen molar-refractivity contribution in [1.29, 1.82) is 0 Å². The zero-order valence-corrected chi connectivity index (χ0v) is 13.7. The van der Waals surface area contributed by atoms with Crippen molar-refractivity contribution < 1.29 is 4.79 Å². The SMILES string of the molecule is CCCc1cc(C(=O)NC2CCCC(SC)C2)cc(N)n1. The maximum Gasteiger partial charge on any atom is 0.251 e. The van der Waals surface area contributed by atoms with Gasteiger partial charge in [-0.2, -0.15) is 11.8 Å². The summed E-state index contributed by atoms with van der Waals surface area (Å²) < 4.78 is 0. The highest BCUT2D eigenvalue weighted by Gasteiger charge is 2.23. The third kappa shape index (κ3) is 4.63. The molecule has 0 saturated heterocycles. The molecular weight excluding hydrogens is 282 g/mol. The monoisotopic (exact) mass is 307 g/mol. The molecule has 3 N–H and O–H groups in total. The van der Waals surface area contributed by atoms with Crippen molar-refractivity contribution in [2.45, 2.75) is 56.7 Å². The predicted octanol–water partition coefficient (Wildman–Crippen LogP) is 3.02. The molecule has 0 aliphatic heterocycles. The fourth-order valence-electron chi connectivity index (χ4n) is 2.89. The molecule has 2 rings (SSSR count). The largest absolute Gasteiger partial charge is 0.384 e. The Bertz CT molecular complexity index is 492. The van der Waals surface area contributed by atoms with Gasteiger partial charge < -0.3 is 11.1 Å². The zero-order valence-electron chi connectivity index (χ0n) is 12.9. The minimum atomic E-state index is -0.0202. The highest BCUT2D eigenvalue weighted by molar-refractivity contribution is 7.99. The summed E-state index contributed by atoms with van der Waals surface area (Å²) in [5.74, 6) is 0.407. The first-order chi connectivity index (χ1) is 10.1. The van der Waals surface area contributed by atoms with Crippen LogP contribution in [-0.4, -0.2) is 28.4 Å². The lowest BCUT2D eigenvalue weighted by Gasteiger charge is -2.28. The van der Waals surface area contributed by atoms with E-state index < -0.39 is 0 Å². The Morgan fingerprint density at radius 1 is 1.48 bits per heavy atom. The number of hydrogen-bond donors (Lipinski definition) is 2. The molecule has 1 aliphatic rings. The van der Waals surface area contributed by atoms with Crippen LogP contribution in [0.25, 0.3) is 0 Å². The lowest BCUT2D eigenvalue weighted by Crippen LogP contribution is -2.39. The average Bonchev–Trinajstić information content (AvgIpc) is 2.47. The van der Waals surface area contributed by atoms with E-state index in [0.717, 1.165) is 31.4 Å². The third-order valence-electron chi connectivity index (χ3n) is 3.96. The number of thioether (sulfide) groups is 1. The molecule has 5 heteroatoms. The normalized spacial score (nSPS) is 22.0. The predicted molar refractivity (Wildman–Crippen MR) is 89.7 cm³/mol. The third-order valence-corrected chi connectivity index (χ3v) is 5.06. The zero-order chi connectivity index (χ0) is 15.2. The van der Waals surface area contributed by atoms with Crippen LogP contribution in [0.2, 0.25) is 0 Å². The minimum Gasteiger partial charge on any atom is -0.384 e. The molecule has 1 fully saturated rings. The Labute approximate surface area is 131 Å². The molecule has 0 aromatic carbocycles. The first-order valence-corrected chi connectivity index (χ1v) is 9.01. The molecule has 1 aliphatic carbocycles. The van der Waals surface area contributed by atoms with Crippen LogP contribution >= 0.6 is 11.8 Å². The molecule has 4 nitrogen and oxygen atoms in total.